The molecule has 2 fully saturated rings. The van der Waals surface area contributed by atoms with Crippen molar-refractivity contribution in [1.82, 2.24) is 0 Å². The Morgan fingerprint density at radius 1 is 1.00 bits per heavy atom. The second-order valence-electron chi connectivity index (χ2n) is 6.95. The maximum Gasteiger partial charge on any atom is 0.123 e. The summed E-state index contributed by atoms with van der Waals surface area (Å²) in [7, 11) is 0. The van der Waals surface area contributed by atoms with Gasteiger partial charge in [-0.3, -0.25) is 0 Å². The molecule has 2 N–H and O–H groups in total. The molecule has 1 aromatic rings. The van der Waals surface area contributed by atoms with E-state index in [9.17, 15) is 0 Å². The van der Waals surface area contributed by atoms with Crippen LogP contribution in [0.25, 0.3) is 0 Å². The molecule has 0 unspecified atom stereocenters. The summed E-state index contributed by atoms with van der Waals surface area (Å²) in [5.74, 6) is 2.69. The molecule has 0 atom stereocenters. The Morgan fingerprint density at radius 2 is 1.68 bits per heavy atom. The highest BCUT2D eigenvalue weighted by Gasteiger charge is 2.45. The van der Waals surface area contributed by atoms with Gasteiger partial charge < -0.3 is 15.2 Å². The summed E-state index contributed by atoms with van der Waals surface area (Å²) in [6.45, 7) is 1.96. The van der Waals surface area contributed by atoms with Gasteiger partial charge >= 0.3 is 0 Å². The van der Waals surface area contributed by atoms with E-state index in [0.717, 1.165) is 24.0 Å². The van der Waals surface area contributed by atoms with E-state index < -0.39 is 0 Å². The molecule has 2 aliphatic carbocycles. The van der Waals surface area contributed by atoms with E-state index in [1.165, 1.54) is 51.4 Å². The monoisotopic (exact) mass is 303 g/mol. The normalized spacial score (nSPS) is 21.1. The molecule has 0 spiro atoms. The van der Waals surface area contributed by atoms with Gasteiger partial charge in [0.1, 0.15) is 18.1 Å². The van der Waals surface area contributed by atoms with Crippen LogP contribution in [-0.4, -0.2) is 19.8 Å². The lowest BCUT2D eigenvalue weighted by atomic mass is 9.76. The average molecular weight is 303 g/mol. The van der Waals surface area contributed by atoms with Crippen molar-refractivity contribution in [3.63, 3.8) is 0 Å². The van der Waals surface area contributed by atoms with Gasteiger partial charge in [-0.05, 0) is 43.7 Å². The van der Waals surface area contributed by atoms with E-state index in [2.05, 4.69) is 0 Å². The molecule has 1 aromatic carbocycles. The average Bonchev–Trinajstić information content (AvgIpc) is 3.38. The first kappa shape index (κ1) is 15.7. The molecule has 3 heteroatoms. The first-order valence-electron chi connectivity index (χ1n) is 8.88. The number of benzene rings is 1. The maximum atomic E-state index is 6.22. The van der Waals surface area contributed by atoms with Gasteiger partial charge in [-0.1, -0.05) is 31.7 Å². The summed E-state index contributed by atoms with van der Waals surface area (Å²) in [6.07, 6.45) is 11.1. The van der Waals surface area contributed by atoms with Crippen LogP contribution in [0.15, 0.2) is 24.3 Å². The van der Waals surface area contributed by atoms with Crippen LogP contribution >= 0.6 is 0 Å². The molecule has 2 saturated carbocycles. The first-order chi connectivity index (χ1) is 10.8. The maximum absolute atomic E-state index is 6.22. The van der Waals surface area contributed by atoms with Gasteiger partial charge in [0, 0.05) is 18.0 Å². The van der Waals surface area contributed by atoms with Crippen molar-refractivity contribution in [3.8, 4) is 11.5 Å². The van der Waals surface area contributed by atoms with E-state index in [1.807, 2.05) is 24.3 Å². The Bertz CT molecular complexity index is 462. The molecule has 0 bridgehead atoms. The fourth-order valence-corrected chi connectivity index (χ4v) is 3.86. The van der Waals surface area contributed by atoms with E-state index >= 15 is 0 Å². The summed E-state index contributed by atoms with van der Waals surface area (Å²) >= 11 is 0. The van der Waals surface area contributed by atoms with Crippen LogP contribution in [0.2, 0.25) is 0 Å². The zero-order valence-electron chi connectivity index (χ0n) is 13.6. The Morgan fingerprint density at radius 3 is 2.32 bits per heavy atom. The second-order valence-corrected chi connectivity index (χ2v) is 6.95. The van der Waals surface area contributed by atoms with Gasteiger partial charge in [0.05, 0.1) is 6.61 Å². The number of hydrogen-bond acceptors (Lipinski definition) is 3. The highest BCUT2D eigenvalue weighted by Crippen LogP contribution is 2.53. The second kappa shape index (κ2) is 7.36. The van der Waals surface area contributed by atoms with Crippen molar-refractivity contribution in [2.24, 2.45) is 17.1 Å². The van der Waals surface area contributed by atoms with Crippen LogP contribution in [0.4, 0.5) is 0 Å². The van der Waals surface area contributed by atoms with Crippen molar-refractivity contribution in [3.05, 3.63) is 24.3 Å². The summed E-state index contributed by atoms with van der Waals surface area (Å²) in [6, 6.07) is 7.99. The molecule has 0 saturated heterocycles. The third kappa shape index (κ3) is 3.95. The molecule has 0 aromatic heterocycles. The Labute approximate surface area is 134 Å². The van der Waals surface area contributed by atoms with Crippen LogP contribution in [0.1, 0.15) is 51.4 Å². The summed E-state index contributed by atoms with van der Waals surface area (Å²) in [5.41, 5.74) is 5.92. The summed E-state index contributed by atoms with van der Waals surface area (Å²) in [5, 5.41) is 0. The van der Waals surface area contributed by atoms with Crippen molar-refractivity contribution < 1.29 is 9.47 Å². The highest BCUT2D eigenvalue weighted by atomic mass is 16.5. The lowest BCUT2D eigenvalue weighted by Gasteiger charge is -2.33. The fraction of sp³-hybridized carbons (Fsp3) is 0.684. The number of rotatable bonds is 7. The third-order valence-electron chi connectivity index (χ3n) is 5.26. The molecular formula is C19H29NO2. The van der Waals surface area contributed by atoms with Crippen LogP contribution in [-0.2, 0) is 0 Å². The van der Waals surface area contributed by atoms with Crippen LogP contribution in [0.5, 0.6) is 11.5 Å². The van der Waals surface area contributed by atoms with Gasteiger partial charge in [0.2, 0.25) is 0 Å². The van der Waals surface area contributed by atoms with Crippen LogP contribution in [0.3, 0.4) is 0 Å². The van der Waals surface area contributed by atoms with Gasteiger partial charge in [0.25, 0.3) is 0 Å². The van der Waals surface area contributed by atoms with Gasteiger partial charge in [-0.2, -0.15) is 0 Å². The van der Waals surface area contributed by atoms with Crippen molar-refractivity contribution in [2.75, 3.05) is 19.8 Å². The van der Waals surface area contributed by atoms with Gasteiger partial charge in [-0.15, -0.1) is 0 Å². The SMILES string of the molecule is NCCOc1cccc(OCC2(C3CC3)CCCCCC2)c1. The zero-order valence-corrected chi connectivity index (χ0v) is 13.6. The summed E-state index contributed by atoms with van der Waals surface area (Å²) < 4.78 is 11.8. The Balaban J connectivity index is 1.62. The van der Waals surface area contributed by atoms with Gasteiger partial charge in [0.15, 0.2) is 0 Å². The van der Waals surface area contributed by atoms with Crippen molar-refractivity contribution in [1.29, 1.82) is 0 Å². The van der Waals surface area contributed by atoms with E-state index in [-0.39, 0.29) is 0 Å². The van der Waals surface area contributed by atoms with E-state index in [0.29, 0.717) is 18.6 Å². The molecule has 122 valence electrons. The predicted octanol–water partition coefficient (Wildman–Crippen LogP) is 4.15. The lowest BCUT2D eigenvalue weighted by Crippen LogP contribution is -2.30. The molecule has 0 aliphatic heterocycles. The predicted molar refractivity (Wildman–Crippen MR) is 89.3 cm³/mol. The largest absolute Gasteiger partial charge is 0.493 e. The molecule has 22 heavy (non-hydrogen) atoms. The number of hydrogen-bond donors (Lipinski definition) is 1. The van der Waals surface area contributed by atoms with Crippen molar-refractivity contribution >= 4 is 0 Å². The molecule has 2 aliphatic rings. The Hall–Kier alpha value is -1.22. The highest BCUT2D eigenvalue weighted by molar-refractivity contribution is 5.33. The first-order valence-corrected chi connectivity index (χ1v) is 8.88. The minimum atomic E-state index is 0.435. The number of ether oxygens (including phenoxy) is 2. The lowest BCUT2D eigenvalue weighted by molar-refractivity contribution is 0.0991. The molecular weight excluding hydrogens is 274 g/mol. The quantitative estimate of drug-likeness (QED) is 0.769. The van der Waals surface area contributed by atoms with Crippen LogP contribution in [0, 0.1) is 11.3 Å². The minimum absolute atomic E-state index is 0.435. The third-order valence-corrected chi connectivity index (χ3v) is 5.26. The van der Waals surface area contributed by atoms with Crippen molar-refractivity contribution in [2.45, 2.75) is 51.4 Å². The molecule has 0 amide bonds. The van der Waals surface area contributed by atoms with Crippen LogP contribution < -0.4 is 15.2 Å². The molecule has 0 radical (unpaired) electrons. The standard InChI is InChI=1S/C19H29NO2/c20-12-13-21-17-6-5-7-18(14-17)22-15-19(16-8-9-16)10-3-1-2-4-11-19/h5-7,14,16H,1-4,8-13,15,20H2. The minimum Gasteiger partial charge on any atom is -0.493 e. The van der Waals surface area contributed by atoms with E-state index in [1.54, 1.807) is 0 Å². The summed E-state index contributed by atoms with van der Waals surface area (Å²) in [4.78, 5) is 0. The smallest absolute Gasteiger partial charge is 0.123 e. The zero-order chi connectivity index (χ0) is 15.3. The molecule has 3 rings (SSSR count). The number of nitrogens with two attached hydrogens (primary N) is 1. The topological polar surface area (TPSA) is 44.5 Å². The molecule has 3 nitrogen and oxygen atoms in total. The Kier molecular flexibility index (Phi) is 5.24. The van der Waals surface area contributed by atoms with Gasteiger partial charge in [-0.25, -0.2) is 0 Å². The molecule has 0 heterocycles. The van der Waals surface area contributed by atoms with E-state index in [4.69, 9.17) is 15.2 Å². The fourth-order valence-electron chi connectivity index (χ4n) is 3.86.